The van der Waals surface area contributed by atoms with Crippen molar-refractivity contribution in [3.05, 3.63) is 89.7 Å². The molecule has 2 atom stereocenters. The van der Waals surface area contributed by atoms with Crippen LogP contribution in [-0.2, 0) is 0 Å². The third kappa shape index (κ3) is 7.81. The fourth-order valence-electron chi connectivity index (χ4n) is 6.26. The zero-order chi connectivity index (χ0) is 33.1. The van der Waals surface area contributed by atoms with Crippen LogP contribution < -0.4 is 15.0 Å². The van der Waals surface area contributed by atoms with Crippen LogP contribution in [0.15, 0.2) is 78.0 Å². The molecular weight excluding hydrogens is 625 g/mol. The van der Waals surface area contributed by atoms with Crippen molar-refractivity contribution in [2.75, 3.05) is 17.2 Å². The number of benzene rings is 3. The monoisotopic (exact) mass is 662 g/mol. The zero-order valence-electron chi connectivity index (χ0n) is 26.5. The second-order valence-corrected chi connectivity index (χ2v) is 13.3. The number of aromatic nitrogens is 3. The first-order valence-electron chi connectivity index (χ1n) is 15.8. The van der Waals surface area contributed by atoms with E-state index in [1.165, 1.54) is 46.4 Å². The Bertz CT molecular complexity index is 1740. The van der Waals surface area contributed by atoms with Crippen LogP contribution in [0, 0.1) is 6.92 Å². The van der Waals surface area contributed by atoms with Crippen LogP contribution in [0.2, 0.25) is 0 Å². The van der Waals surface area contributed by atoms with Crippen LogP contribution in [-0.4, -0.2) is 50.7 Å². The van der Waals surface area contributed by atoms with Crippen LogP contribution >= 0.6 is 11.8 Å². The first-order chi connectivity index (χ1) is 22.5. The summed E-state index contributed by atoms with van der Waals surface area (Å²) in [5.41, 5.74) is 6.05. The van der Waals surface area contributed by atoms with Gasteiger partial charge < -0.3 is 15.0 Å². The van der Waals surface area contributed by atoms with Gasteiger partial charge in [-0.05, 0) is 79.1 Å². The highest BCUT2D eigenvalue weighted by Crippen LogP contribution is 2.36. The Hall–Kier alpha value is -4.32. The zero-order valence-corrected chi connectivity index (χ0v) is 27.3. The second kappa shape index (κ2) is 13.8. The molecular formula is C35H37F3N6O2S. The number of thioether (sulfide) groups is 1. The molecule has 4 aromatic rings. The number of rotatable bonds is 7. The van der Waals surface area contributed by atoms with Crippen LogP contribution in [0.25, 0.3) is 17.1 Å². The van der Waals surface area contributed by atoms with Gasteiger partial charge in [0.2, 0.25) is 0 Å². The van der Waals surface area contributed by atoms with Crippen molar-refractivity contribution in [1.82, 2.24) is 20.1 Å². The molecule has 2 amide bonds. The fourth-order valence-corrected chi connectivity index (χ4v) is 7.21. The molecule has 3 aromatic carbocycles. The Kier molecular flexibility index (Phi) is 9.58. The average molecular weight is 663 g/mol. The Morgan fingerprint density at radius 1 is 1.04 bits per heavy atom. The average Bonchev–Trinajstić information content (AvgIpc) is 3.71. The maximum absolute atomic E-state index is 13.3. The van der Waals surface area contributed by atoms with Gasteiger partial charge in [-0.25, -0.2) is 14.5 Å². The number of hydrogen-bond donors (Lipinski definition) is 1. The van der Waals surface area contributed by atoms with Crippen molar-refractivity contribution in [2.24, 2.45) is 4.99 Å². The van der Waals surface area contributed by atoms with E-state index in [0.717, 1.165) is 60.0 Å². The van der Waals surface area contributed by atoms with Gasteiger partial charge in [-0.15, -0.1) is 18.3 Å². The van der Waals surface area contributed by atoms with Gasteiger partial charge in [0.15, 0.2) is 11.0 Å². The van der Waals surface area contributed by atoms with Crippen molar-refractivity contribution in [3.8, 4) is 22.8 Å². The van der Waals surface area contributed by atoms with Gasteiger partial charge in [-0.2, -0.15) is 4.99 Å². The molecule has 6 rings (SSSR count). The number of aliphatic imine (C=N–C) groups is 1. The third-order valence-electron chi connectivity index (χ3n) is 8.53. The number of carbonyl (C=O) groups is 1. The minimum Gasteiger partial charge on any atom is -0.406 e. The molecule has 47 heavy (non-hydrogen) atoms. The lowest BCUT2D eigenvalue weighted by Gasteiger charge is -2.32. The molecule has 12 heteroatoms. The minimum atomic E-state index is -4.75. The summed E-state index contributed by atoms with van der Waals surface area (Å²) in [5, 5.41) is 8.47. The molecule has 1 aromatic heterocycles. The number of urea groups is 1. The molecule has 1 saturated carbocycles. The minimum absolute atomic E-state index is 0.0217. The van der Waals surface area contributed by atoms with E-state index in [4.69, 9.17) is 0 Å². The number of carbonyl (C=O) groups excluding carboxylic acids is 1. The molecule has 0 bridgehead atoms. The van der Waals surface area contributed by atoms with Gasteiger partial charge in [0.25, 0.3) is 0 Å². The highest BCUT2D eigenvalue weighted by Gasteiger charge is 2.32. The van der Waals surface area contributed by atoms with Crippen molar-refractivity contribution in [3.63, 3.8) is 0 Å². The summed E-state index contributed by atoms with van der Waals surface area (Å²) in [5.74, 6) is 1.63. The standard InChI is InChI=1S/C35H37F3N6O2S/c1-22(2)28-17-8-23(3)20-31(28)43-18-5-19-47-34(43)41-33(45)40-30-7-4-6-29(30)24-9-11-25(12-10-24)32-39-21-44(42-32)26-13-15-27(16-14-26)46-35(36,37)38/h8-17,20-22,29-30H,4-7,18-19H2,1-3H3,(H,40,45)/b41-34-. The number of nitrogens with one attached hydrogen (secondary N) is 1. The molecule has 1 aliphatic carbocycles. The second-order valence-electron chi connectivity index (χ2n) is 12.2. The third-order valence-corrected chi connectivity index (χ3v) is 9.60. The van der Waals surface area contributed by atoms with E-state index < -0.39 is 6.36 Å². The maximum atomic E-state index is 13.3. The van der Waals surface area contributed by atoms with Gasteiger partial charge in [0, 0.05) is 35.5 Å². The van der Waals surface area contributed by atoms with E-state index >= 15 is 0 Å². The predicted molar refractivity (Wildman–Crippen MR) is 180 cm³/mol. The lowest BCUT2D eigenvalue weighted by Crippen LogP contribution is -2.39. The topological polar surface area (TPSA) is 84.6 Å². The number of anilines is 1. The van der Waals surface area contributed by atoms with E-state index in [1.54, 1.807) is 11.8 Å². The summed E-state index contributed by atoms with van der Waals surface area (Å²) in [6.07, 6.45) is 0.650. The molecule has 1 aliphatic heterocycles. The summed E-state index contributed by atoms with van der Waals surface area (Å²) in [7, 11) is 0. The molecule has 1 saturated heterocycles. The fraction of sp³-hybridized carbons (Fsp3) is 0.371. The number of aryl methyl sites for hydroxylation is 1. The first-order valence-corrected chi connectivity index (χ1v) is 16.8. The molecule has 2 heterocycles. The predicted octanol–water partition coefficient (Wildman–Crippen LogP) is 8.61. The molecule has 246 valence electrons. The normalized spacial score (nSPS) is 19.4. The molecule has 0 radical (unpaired) electrons. The van der Waals surface area contributed by atoms with E-state index in [0.29, 0.717) is 17.4 Å². The summed E-state index contributed by atoms with van der Waals surface area (Å²) < 4.78 is 42.9. The van der Waals surface area contributed by atoms with Crippen LogP contribution in [0.4, 0.5) is 23.7 Å². The quantitative estimate of drug-likeness (QED) is 0.213. The Balaban J connectivity index is 1.12. The summed E-state index contributed by atoms with van der Waals surface area (Å²) in [4.78, 5) is 24.5. The Morgan fingerprint density at radius 3 is 2.53 bits per heavy atom. The summed E-state index contributed by atoms with van der Waals surface area (Å²) >= 11 is 1.63. The number of ether oxygens (including phenoxy) is 1. The summed E-state index contributed by atoms with van der Waals surface area (Å²) in [6.45, 7) is 7.30. The van der Waals surface area contributed by atoms with E-state index in [1.807, 2.05) is 24.3 Å². The Morgan fingerprint density at radius 2 is 1.81 bits per heavy atom. The van der Waals surface area contributed by atoms with Gasteiger partial charge >= 0.3 is 12.4 Å². The van der Waals surface area contributed by atoms with Crippen molar-refractivity contribution >= 4 is 28.6 Å². The van der Waals surface area contributed by atoms with E-state index in [9.17, 15) is 18.0 Å². The molecule has 2 unspecified atom stereocenters. The number of alkyl halides is 3. The van der Waals surface area contributed by atoms with Crippen LogP contribution in [0.5, 0.6) is 5.75 Å². The van der Waals surface area contributed by atoms with Crippen molar-refractivity contribution < 1.29 is 22.7 Å². The molecule has 8 nitrogen and oxygen atoms in total. The molecule has 1 N–H and O–H groups in total. The lowest BCUT2D eigenvalue weighted by molar-refractivity contribution is -0.274. The van der Waals surface area contributed by atoms with Crippen molar-refractivity contribution in [1.29, 1.82) is 0 Å². The molecule has 2 fully saturated rings. The van der Waals surface area contributed by atoms with Crippen molar-refractivity contribution in [2.45, 2.75) is 70.7 Å². The first kappa shape index (κ1) is 32.6. The molecule has 0 spiro atoms. The van der Waals surface area contributed by atoms with E-state index in [2.05, 4.69) is 69.0 Å². The Labute approximate surface area is 276 Å². The van der Waals surface area contributed by atoms with Crippen LogP contribution in [0.1, 0.15) is 68.1 Å². The number of hydrogen-bond acceptors (Lipinski definition) is 5. The highest BCUT2D eigenvalue weighted by atomic mass is 32.2. The van der Waals surface area contributed by atoms with E-state index in [-0.39, 0.29) is 23.7 Å². The van der Waals surface area contributed by atoms with Gasteiger partial charge in [0.1, 0.15) is 12.1 Å². The number of halogens is 3. The summed E-state index contributed by atoms with van der Waals surface area (Å²) in [6, 6.07) is 19.6. The lowest BCUT2D eigenvalue weighted by atomic mass is 9.93. The number of nitrogens with zero attached hydrogens (tertiary/aromatic N) is 5. The number of amidine groups is 1. The largest absolute Gasteiger partial charge is 0.573 e. The SMILES string of the molecule is Cc1ccc(C(C)C)c(N2CCCS/C2=N\C(=O)NC2CCCC2c2ccc(-c3ncn(-c4ccc(OC(F)(F)F)cc4)n3)cc2)c1. The smallest absolute Gasteiger partial charge is 0.406 e. The van der Waals surface area contributed by atoms with Crippen LogP contribution in [0.3, 0.4) is 0 Å². The van der Waals surface area contributed by atoms with Gasteiger partial charge in [-0.1, -0.05) is 68.4 Å². The molecule has 2 aliphatic rings. The van der Waals surface area contributed by atoms with Gasteiger partial charge in [0.05, 0.1) is 5.69 Å². The van der Waals surface area contributed by atoms with Gasteiger partial charge in [-0.3, -0.25) is 0 Å². The number of amides is 2. The maximum Gasteiger partial charge on any atom is 0.573 e. The highest BCUT2D eigenvalue weighted by molar-refractivity contribution is 8.14.